The largest absolute Gasteiger partial charge is 0.339 e. The minimum atomic E-state index is -3.06. The zero-order chi connectivity index (χ0) is 19.9. The van der Waals surface area contributed by atoms with Crippen LogP contribution < -0.4 is 4.90 Å². The Morgan fingerprint density at radius 2 is 1.85 bits per heavy atom. The molecule has 0 aliphatic carbocycles. The number of nitrogens with zero attached hydrogens (tertiary/aromatic N) is 2. The topological polar surface area (TPSA) is 74.8 Å². The van der Waals surface area contributed by atoms with Crippen molar-refractivity contribution < 1.29 is 18.0 Å². The van der Waals surface area contributed by atoms with Gasteiger partial charge in [0.15, 0.2) is 9.84 Å². The maximum absolute atomic E-state index is 13.1. The summed E-state index contributed by atoms with van der Waals surface area (Å²) >= 11 is 0. The fourth-order valence-electron chi connectivity index (χ4n) is 4.54. The molecule has 2 aliphatic rings. The Bertz CT molecular complexity index is 855. The van der Waals surface area contributed by atoms with Gasteiger partial charge in [0.1, 0.15) is 0 Å². The van der Waals surface area contributed by atoms with Crippen molar-refractivity contribution in [1.82, 2.24) is 4.90 Å². The number of anilines is 1. The molecule has 2 atom stereocenters. The first kappa shape index (κ1) is 19.9. The minimum Gasteiger partial charge on any atom is -0.339 e. The van der Waals surface area contributed by atoms with Gasteiger partial charge in [-0.15, -0.1) is 0 Å². The predicted octanol–water partition coefficient (Wildman–Crippen LogP) is 2.00. The van der Waals surface area contributed by atoms with Crippen molar-refractivity contribution >= 4 is 27.3 Å². The van der Waals surface area contributed by atoms with Crippen LogP contribution in [0.25, 0.3) is 0 Å². The van der Waals surface area contributed by atoms with Gasteiger partial charge in [-0.05, 0) is 45.2 Å². The van der Waals surface area contributed by atoms with E-state index in [-0.39, 0.29) is 35.8 Å². The molecule has 2 aliphatic heterocycles. The number of aryl methyl sites for hydroxylation is 3. The smallest absolute Gasteiger partial charge is 0.228 e. The molecule has 2 heterocycles. The van der Waals surface area contributed by atoms with E-state index in [1.807, 2.05) is 39.8 Å². The normalized spacial score (nSPS) is 24.4. The summed E-state index contributed by atoms with van der Waals surface area (Å²) in [5.41, 5.74) is 4.10. The van der Waals surface area contributed by atoms with Crippen molar-refractivity contribution in [2.24, 2.45) is 5.92 Å². The Labute approximate surface area is 161 Å². The van der Waals surface area contributed by atoms with E-state index in [1.165, 1.54) is 0 Å². The third-order valence-corrected chi connectivity index (χ3v) is 7.40. The van der Waals surface area contributed by atoms with E-state index < -0.39 is 15.8 Å². The molecule has 0 aromatic heterocycles. The van der Waals surface area contributed by atoms with Crippen LogP contribution in [0.15, 0.2) is 12.1 Å². The Morgan fingerprint density at radius 1 is 1.22 bits per heavy atom. The number of amides is 2. The average Bonchev–Trinajstić information content (AvgIpc) is 3.10. The number of hydrogen-bond donors (Lipinski definition) is 0. The van der Waals surface area contributed by atoms with Gasteiger partial charge < -0.3 is 9.80 Å². The van der Waals surface area contributed by atoms with Gasteiger partial charge in [0.2, 0.25) is 11.8 Å². The molecule has 148 valence electrons. The third kappa shape index (κ3) is 3.88. The fourth-order valence-corrected chi connectivity index (χ4v) is 6.27. The Kier molecular flexibility index (Phi) is 5.34. The fraction of sp³-hybridized carbons (Fsp3) is 0.600. The number of rotatable bonds is 4. The summed E-state index contributed by atoms with van der Waals surface area (Å²) in [7, 11) is -3.06. The van der Waals surface area contributed by atoms with E-state index in [4.69, 9.17) is 0 Å². The van der Waals surface area contributed by atoms with Crippen LogP contribution in [0.2, 0.25) is 0 Å². The van der Waals surface area contributed by atoms with Gasteiger partial charge in [0, 0.05) is 31.2 Å². The van der Waals surface area contributed by atoms with Gasteiger partial charge in [-0.25, -0.2) is 8.42 Å². The lowest BCUT2D eigenvalue weighted by molar-refractivity contribution is -0.137. The van der Waals surface area contributed by atoms with Gasteiger partial charge in [0.05, 0.1) is 17.4 Å². The van der Waals surface area contributed by atoms with Crippen LogP contribution in [0, 0.1) is 26.7 Å². The summed E-state index contributed by atoms with van der Waals surface area (Å²) < 4.78 is 23.6. The molecule has 1 aromatic rings. The van der Waals surface area contributed by atoms with Crippen LogP contribution >= 0.6 is 0 Å². The first-order chi connectivity index (χ1) is 12.6. The molecule has 0 spiro atoms. The summed E-state index contributed by atoms with van der Waals surface area (Å²) in [5.74, 6) is -0.385. The predicted molar refractivity (Wildman–Crippen MR) is 106 cm³/mol. The van der Waals surface area contributed by atoms with Crippen molar-refractivity contribution in [2.75, 3.05) is 29.5 Å². The van der Waals surface area contributed by atoms with E-state index in [9.17, 15) is 18.0 Å². The first-order valence-corrected chi connectivity index (χ1v) is 11.3. The van der Waals surface area contributed by atoms with E-state index in [0.29, 0.717) is 19.5 Å². The molecular weight excluding hydrogens is 364 g/mol. The third-order valence-electron chi connectivity index (χ3n) is 5.65. The number of benzene rings is 1. The molecule has 0 saturated carbocycles. The number of hydrogen-bond acceptors (Lipinski definition) is 4. The van der Waals surface area contributed by atoms with Crippen molar-refractivity contribution in [2.45, 2.75) is 46.6 Å². The summed E-state index contributed by atoms with van der Waals surface area (Å²) in [6.45, 7) is 8.69. The van der Waals surface area contributed by atoms with Crippen molar-refractivity contribution in [3.8, 4) is 0 Å². The zero-order valence-electron chi connectivity index (χ0n) is 16.5. The highest BCUT2D eigenvalue weighted by Crippen LogP contribution is 2.33. The lowest BCUT2D eigenvalue weighted by Crippen LogP contribution is -2.44. The zero-order valence-corrected chi connectivity index (χ0v) is 17.3. The van der Waals surface area contributed by atoms with Crippen LogP contribution in [-0.2, 0) is 19.4 Å². The van der Waals surface area contributed by atoms with Crippen LogP contribution in [0.1, 0.15) is 36.5 Å². The highest BCUT2D eigenvalue weighted by Gasteiger charge is 2.41. The van der Waals surface area contributed by atoms with E-state index in [1.54, 1.807) is 9.80 Å². The number of sulfone groups is 1. The quantitative estimate of drug-likeness (QED) is 0.785. The molecule has 2 saturated heterocycles. The second kappa shape index (κ2) is 7.26. The van der Waals surface area contributed by atoms with Gasteiger partial charge in [-0.2, -0.15) is 0 Å². The summed E-state index contributed by atoms with van der Waals surface area (Å²) in [4.78, 5) is 29.1. The molecule has 2 unspecified atom stereocenters. The molecule has 1 aromatic carbocycles. The van der Waals surface area contributed by atoms with Crippen LogP contribution in [0.5, 0.6) is 0 Å². The van der Waals surface area contributed by atoms with Crippen molar-refractivity contribution in [1.29, 1.82) is 0 Å². The molecule has 0 N–H and O–H groups in total. The standard InChI is InChI=1S/C20H28N2O4S/c1-5-21(17-6-7-27(25,26)12-17)20(24)16-10-18(23)22(11-16)19-14(3)8-13(2)9-15(19)4/h8-9,16-17H,5-7,10-12H2,1-4H3. The van der Waals surface area contributed by atoms with Gasteiger partial charge in [0.25, 0.3) is 0 Å². The van der Waals surface area contributed by atoms with E-state index >= 15 is 0 Å². The van der Waals surface area contributed by atoms with Gasteiger partial charge in [-0.3, -0.25) is 9.59 Å². The second-order valence-corrected chi connectivity index (χ2v) is 10.1. The molecule has 2 amide bonds. The maximum Gasteiger partial charge on any atom is 0.228 e. The summed E-state index contributed by atoms with van der Waals surface area (Å²) in [6, 6.07) is 3.83. The number of carbonyl (C=O) groups excluding carboxylic acids is 2. The first-order valence-electron chi connectivity index (χ1n) is 9.52. The molecule has 3 rings (SSSR count). The Hall–Kier alpha value is -1.89. The summed E-state index contributed by atoms with van der Waals surface area (Å²) in [6.07, 6.45) is 0.671. The summed E-state index contributed by atoms with van der Waals surface area (Å²) in [5, 5.41) is 0. The van der Waals surface area contributed by atoms with Crippen molar-refractivity contribution in [3.63, 3.8) is 0 Å². The van der Waals surface area contributed by atoms with E-state index in [0.717, 1.165) is 22.4 Å². The van der Waals surface area contributed by atoms with Crippen LogP contribution in [0.3, 0.4) is 0 Å². The van der Waals surface area contributed by atoms with Crippen LogP contribution in [0.4, 0.5) is 5.69 Å². The van der Waals surface area contributed by atoms with Gasteiger partial charge in [-0.1, -0.05) is 17.7 Å². The lowest BCUT2D eigenvalue weighted by Gasteiger charge is -2.29. The van der Waals surface area contributed by atoms with Crippen molar-refractivity contribution in [3.05, 3.63) is 28.8 Å². The monoisotopic (exact) mass is 392 g/mol. The van der Waals surface area contributed by atoms with E-state index in [2.05, 4.69) is 0 Å². The molecule has 0 radical (unpaired) electrons. The lowest BCUT2D eigenvalue weighted by atomic mass is 10.0. The van der Waals surface area contributed by atoms with Gasteiger partial charge >= 0.3 is 0 Å². The SMILES string of the molecule is CCN(C(=O)C1CC(=O)N(c2c(C)cc(C)cc2C)C1)C1CCS(=O)(=O)C1. The maximum atomic E-state index is 13.1. The molecule has 2 fully saturated rings. The molecule has 0 bridgehead atoms. The average molecular weight is 393 g/mol. The molecule has 27 heavy (non-hydrogen) atoms. The molecule has 7 heteroatoms. The number of carbonyl (C=O) groups is 2. The Balaban J connectivity index is 1.80. The molecular formula is C20H28N2O4S. The highest BCUT2D eigenvalue weighted by atomic mass is 32.2. The molecule has 6 nitrogen and oxygen atoms in total. The van der Waals surface area contributed by atoms with Crippen LogP contribution in [-0.4, -0.2) is 55.8 Å². The Morgan fingerprint density at radius 3 is 2.37 bits per heavy atom. The second-order valence-electron chi connectivity index (χ2n) is 7.83. The minimum absolute atomic E-state index is 0.0349. The highest BCUT2D eigenvalue weighted by molar-refractivity contribution is 7.91.